The van der Waals surface area contributed by atoms with Crippen LogP contribution in [0.1, 0.15) is 39.5 Å². The molecule has 0 radical (unpaired) electrons. The van der Waals surface area contributed by atoms with Crippen molar-refractivity contribution in [2.75, 3.05) is 45.1 Å². The maximum atomic E-state index is 12.3. The molecule has 7 nitrogen and oxygen atoms in total. The molecule has 0 amide bonds. The number of halogens is 1. The van der Waals surface area contributed by atoms with Crippen molar-refractivity contribution in [2.24, 2.45) is 10.9 Å². The number of nitrogens with zero attached hydrogens (tertiary/aromatic N) is 2. The number of guanidine groups is 1. The van der Waals surface area contributed by atoms with Gasteiger partial charge in [0.2, 0.25) is 10.0 Å². The molecule has 9 heteroatoms. The second-order valence-corrected chi connectivity index (χ2v) is 8.78. The minimum absolute atomic E-state index is 0. The van der Waals surface area contributed by atoms with E-state index in [-0.39, 0.29) is 36.3 Å². The van der Waals surface area contributed by atoms with Crippen LogP contribution in [0.4, 0.5) is 0 Å². The van der Waals surface area contributed by atoms with Gasteiger partial charge < -0.3 is 15.4 Å². The third-order valence-corrected chi connectivity index (χ3v) is 6.53. The Balaban J connectivity index is 0.00000312. The van der Waals surface area contributed by atoms with E-state index < -0.39 is 10.0 Å². The summed E-state index contributed by atoms with van der Waals surface area (Å²) in [5, 5.41) is 6.67. The molecule has 1 saturated carbocycles. The third kappa shape index (κ3) is 7.96. The minimum atomic E-state index is -3.24. The molecule has 0 atom stereocenters. The van der Waals surface area contributed by atoms with E-state index in [2.05, 4.69) is 22.5 Å². The number of sulfonamides is 1. The first kappa shape index (κ1) is 22.9. The molecule has 2 rings (SSSR count). The van der Waals surface area contributed by atoms with Gasteiger partial charge in [0.1, 0.15) is 0 Å². The van der Waals surface area contributed by atoms with Crippen molar-refractivity contribution >= 4 is 40.0 Å². The van der Waals surface area contributed by atoms with E-state index >= 15 is 0 Å². The van der Waals surface area contributed by atoms with Gasteiger partial charge in [-0.3, -0.25) is 4.99 Å². The first-order valence-corrected chi connectivity index (χ1v) is 10.7. The van der Waals surface area contributed by atoms with E-state index in [9.17, 15) is 8.42 Å². The first-order valence-electron chi connectivity index (χ1n) is 9.11. The van der Waals surface area contributed by atoms with Gasteiger partial charge in [-0.15, -0.1) is 24.0 Å². The zero-order valence-corrected chi connectivity index (χ0v) is 18.5. The number of hydrogen-bond donors (Lipinski definition) is 2. The average molecular weight is 488 g/mol. The van der Waals surface area contributed by atoms with Crippen LogP contribution < -0.4 is 10.6 Å². The van der Waals surface area contributed by atoms with Crippen molar-refractivity contribution in [1.82, 2.24) is 14.9 Å². The first-order chi connectivity index (χ1) is 11.5. The van der Waals surface area contributed by atoms with E-state index in [1.807, 2.05) is 6.92 Å². The van der Waals surface area contributed by atoms with Crippen LogP contribution in [-0.2, 0) is 14.8 Å². The van der Waals surface area contributed by atoms with Crippen LogP contribution in [0.5, 0.6) is 0 Å². The van der Waals surface area contributed by atoms with Gasteiger partial charge in [0.25, 0.3) is 0 Å². The lowest BCUT2D eigenvalue weighted by molar-refractivity contribution is 0.0731. The molecule has 1 saturated heterocycles. The molecule has 25 heavy (non-hydrogen) atoms. The Morgan fingerprint density at radius 3 is 2.44 bits per heavy atom. The van der Waals surface area contributed by atoms with Crippen molar-refractivity contribution < 1.29 is 13.2 Å². The van der Waals surface area contributed by atoms with Crippen LogP contribution >= 0.6 is 24.0 Å². The average Bonchev–Trinajstić information content (AvgIpc) is 2.58. The summed E-state index contributed by atoms with van der Waals surface area (Å²) in [6, 6.07) is 0.440. The summed E-state index contributed by atoms with van der Waals surface area (Å²) in [7, 11) is -3.24. The molecule has 2 N–H and O–H groups in total. The molecule has 1 aliphatic heterocycles. The molecule has 1 heterocycles. The molecule has 148 valence electrons. The number of ether oxygens (including phenoxy) is 1. The summed E-state index contributed by atoms with van der Waals surface area (Å²) in [6.07, 6.45) is 4.78. The Hall–Kier alpha value is -0.130. The van der Waals surface area contributed by atoms with Crippen LogP contribution in [0.2, 0.25) is 0 Å². The Morgan fingerprint density at radius 1 is 1.20 bits per heavy atom. The van der Waals surface area contributed by atoms with Crippen LogP contribution in [-0.4, -0.2) is 69.9 Å². The summed E-state index contributed by atoms with van der Waals surface area (Å²) in [5.41, 5.74) is 0. The molecule has 0 spiro atoms. The number of hydrogen-bond acceptors (Lipinski definition) is 4. The summed E-state index contributed by atoms with van der Waals surface area (Å²) in [6.45, 7) is 7.22. The Kier molecular flexibility index (Phi) is 10.6. The fourth-order valence-electron chi connectivity index (χ4n) is 3.14. The molecule has 0 unspecified atom stereocenters. The molecule has 0 aromatic carbocycles. The Morgan fingerprint density at radius 2 is 1.84 bits per heavy atom. The zero-order chi connectivity index (χ0) is 17.4. The zero-order valence-electron chi connectivity index (χ0n) is 15.4. The Bertz CT molecular complexity index is 502. The summed E-state index contributed by atoms with van der Waals surface area (Å²) < 4.78 is 31.3. The predicted octanol–water partition coefficient (Wildman–Crippen LogP) is 1.40. The monoisotopic (exact) mass is 488 g/mol. The van der Waals surface area contributed by atoms with Crippen molar-refractivity contribution in [1.29, 1.82) is 0 Å². The van der Waals surface area contributed by atoms with Gasteiger partial charge in [0, 0.05) is 25.7 Å². The lowest BCUT2D eigenvalue weighted by atomic mass is 9.87. The van der Waals surface area contributed by atoms with E-state index in [1.165, 1.54) is 17.1 Å². The highest BCUT2D eigenvalue weighted by Gasteiger charge is 2.24. The van der Waals surface area contributed by atoms with Crippen LogP contribution in [0.25, 0.3) is 0 Å². The fraction of sp³-hybridized carbons (Fsp3) is 0.938. The van der Waals surface area contributed by atoms with Gasteiger partial charge in [-0.25, -0.2) is 8.42 Å². The highest BCUT2D eigenvalue weighted by atomic mass is 127. The van der Waals surface area contributed by atoms with Gasteiger partial charge >= 0.3 is 0 Å². The van der Waals surface area contributed by atoms with Crippen molar-refractivity contribution in [3.8, 4) is 0 Å². The standard InChI is InChI=1S/C16H32N4O3S.HI/c1-3-17-16(19-15-6-4-14(2)5-7-15)18-8-13-24(21,22)20-9-11-23-12-10-20;/h14-15H,3-13H2,1-2H3,(H2,17,18,19);1H. The quantitative estimate of drug-likeness (QED) is 0.336. The van der Waals surface area contributed by atoms with E-state index in [0.717, 1.165) is 31.3 Å². The second kappa shape index (κ2) is 11.6. The summed E-state index contributed by atoms with van der Waals surface area (Å²) in [4.78, 5) is 4.46. The van der Waals surface area contributed by atoms with Crippen LogP contribution in [0.15, 0.2) is 4.99 Å². The van der Waals surface area contributed by atoms with Crippen molar-refractivity contribution in [3.05, 3.63) is 0 Å². The maximum Gasteiger partial charge on any atom is 0.216 e. The largest absolute Gasteiger partial charge is 0.379 e. The Labute approximate surface area is 169 Å². The molecular weight excluding hydrogens is 455 g/mol. The van der Waals surface area contributed by atoms with E-state index in [4.69, 9.17) is 4.74 Å². The lowest BCUT2D eigenvalue weighted by Crippen LogP contribution is -2.45. The fourth-order valence-corrected chi connectivity index (χ4v) is 4.43. The third-order valence-electron chi connectivity index (χ3n) is 4.68. The molecule has 0 aromatic rings. The molecular formula is C16H33IN4O3S. The number of nitrogens with one attached hydrogen (secondary N) is 2. The highest BCUT2D eigenvalue weighted by Crippen LogP contribution is 2.23. The van der Waals surface area contributed by atoms with E-state index in [0.29, 0.717) is 32.3 Å². The number of aliphatic imine (C=N–C) groups is 1. The topological polar surface area (TPSA) is 83.0 Å². The molecule has 0 aromatic heterocycles. The number of morpholine rings is 1. The number of rotatable bonds is 6. The van der Waals surface area contributed by atoms with Gasteiger partial charge in [0.05, 0.1) is 25.5 Å². The van der Waals surface area contributed by atoms with Crippen molar-refractivity contribution in [3.63, 3.8) is 0 Å². The van der Waals surface area contributed by atoms with Crippen LogP contribution in [0.3, 0.4) is 0 Å². The predicted molar refractivity (Wildman–Crippen MR) is 112 cm³/mol. The normalized spacial score (nSPS) is 25.9. The molecule has 2 aliphatic rings. The SMILES string of the molecule is CCNC(=NCCS(=O)(=O)N1CCOCC1)NC1CCC(C)CC1.I. The maximum absolute atomic E-state index is 12.3. The van der Waals surface area contributed by atoms with Gasteiger partial charge in [-0.2, -0.15) is 4.31 Å². The van der Waals surface area contributed by atoms with Crippen LogP contribution in [0, 0.1) is 5.92 Å². The van der Waals surface area contributed by atoms with Gasteiger partial charge in [-0.1, -0.05) is 6.92 Å². The minimum Gasteiger partial charge on any atom is -0.379 e. The summed E-state index contributed by atoms with van der Waals surface area (Å²) >= 11 is 0. The molecule has 1 aliphatic carbocycles. The molecule has 2 fully saturated rings. The van der Waals surface area contributed by atoms with Crippen molar-refractivity contribution in [2.45, 2.75) is 45.6 Å². The van der Waals surface area contributed by atoms with Gasteiger partial charge in [-0.05, 0) is 38.5 Å². The van der Waals surface area contributed by atoms with E-state index in [1.54, 1.807) is 0 Å². The lowest BCUT2D eigenvalue weighted by Gasteiger charge is -2.28. The highest BCUT2D eigenvalue weighted by molar-refractivity contribution is 14.0. The summed E-state index contributed by atoms with van der Waals surface area (Å²) in [5.74, 6) is 1.58. The second-order valence-electron chi connectivity index (χ2n) is 6.69. The van der Waals surface area contributed by atoms with Gasteiger partial charge in [0.15, 0.2) is 5.96 Å². The smallest absolute Gasteiger partial charge is 0.216 e. The molecule has 0 bridgehead atoms.